The first kappa shape index (κ1) is 15.6. The second kappa shape index (κ2) is 6.19. The van der Waals surface area contributed by atoms with Crippen molar-refractivity contribution in [3.8, 4) is 10.6 Å². The number of nitrogens with one attached hydrogen (secondary N) is 3. The minimum absolute atomic E-state index is 0.286. The number of carbonyl (C=O) groups is 1. The first-order chi connectivity index (χ1) is 12.1. The van der Waals surface area contributed by atoms with Gasteiger partial charge in [-0.1, -0.05) is 23.7 Å². The molecular formula is C17H11ClN4O2S. The van der Waals surface area contributed by atoms with Gasteiger partial charge in [0.2, 0.25) is 0 Å². The molecule has 0 fully saturated rings. The topological polar surface area (TPSA) is 90.6 Å². The largest absolute Gasteiger partial charge is 0.323 e. The molecule has 0 saturated carbocycles. The van der Waals surface area contributed by atoms with E-state index in [4.69, 9.17) is 11.6 Å². The molecule has 1 amide bonds. The van der Waals surface area contributed by atoms with Gasteiger partial charge in [0, 0.05) is 21.7 Å². The number of fused-ring (bicyclic) bond motifs is 1. The molecule has 4 rings (SSSR count). The van der Waals surface area contributed by atoms with Crippen LogP contribution in [-0.4, -0.2) is 20.9 Å². The van der Waals surface area contributed by atoms with Crippen LogP contribution in [0, 0.1) is 0 Å². The number of hydrogen-bond acceptors (Lipinski definition) is 4. The molecule has 4 aromatic rings. The Morgan fingerprint density at radius 1 is 1.08 bits per heavy atom. The van der Waals surface area contributed by atoms with Crippen molar-refractivity contribution in [2.24, 2.45) is 0 Å². The summed E-state index contributed by atoms with van der Waals surface area (Å²) in [5.41, 5.74) is 2.83. The second-order valence-electron chi connectivity index (χ2n) is 5.34. The number of imidazole rings is 1. The minimum Gasteiger partial charge on any atom is -0.321 e. The number of carbonyl (C=O) groups excluding carboxylic acids is 1. The van der Waals surface area contributed by atoms with Gasteiger partial charge in [-0.05, 0) is 30.3 Å². The van der Waals surface area contributed by atoms with E-state index in [1.807, 2.05) is 12.1 Å². The molecule has 0 aliphatic heterocycles. The van der Waals surface area contributed by atoms with E-state index in [-0.39, 0.29) is 11.6 Å². The first-order valence-corrected chi connectivity index (χ1v) is 8.59. The number of nitrogens with zero attached hydrogens (tertiary/aromatic N) is 1. The van der Waals surface area contributed by atoms with Crippen LogP contribution in [0.4, 0.5) is 5.69 Å². The van der Waals surface area contributed by atoms with Gasteiger partial charge in [0.25, 0.3) is 5.91 Å². The molecule has 25 heavy (non-hydrogen) atoms. The summed E-state index contributed by atoms with van der Waals surface area (Å²) >= 11 is 7.27. The summed E-state index contributed by atoms with van der Waals surface area (Å²) in [4.78, 5) is 33.4. The standard InChI is InChI=1S/C17H11ClN4O2S/c18-10-3-1-9(2-4-10)16-20-14(8-25-16)15(23)19-11-5-6-12-13(7-11)22-17(24)21-12/h1-8H,(H,19,23)(H2,21,22,24). The average molecular weight is 371 g/mol. The molecule has 2 aromatic carbocycles. The van der Waals surface area contributed by atoms with Gasteiger partial charge in [0.05, 0.1) is 11.0 Å². The number of aromatic amines is 2. The van der Waals surface area contributed by atoms with Gasteiger partial charge in [-0.25, -0.2) is 9.78 Å². The van der Waals surface area contributed by atoms with Crippen LogP contribution < -0.4 is 11.0 Å². The Morgan fingerprint density at radius 2 is 1.84 bits per heavy atom. The quantitative estimate of drug-likeness (QED) is 0.511. The Bertz CT molecular complexity index is 1130. The third-order valence-corrected chi connectivity index (χ3v) is 4.75. The average Bonchev–Trinajstić information content (AvgIpc) is 3.21. The van der Waals surface area contributed by atoms with Crippen molar-refractivity contribution in [3.63, 3.8) is 0 Å². The lowest BCUT2D eigenvalue weighted by atomic mass is 10.2. The van der Waals surface area contributed by atoms with E-state index >= 15 is 0 Å². The zero-order valence-electron chi connectivity index (χ0n) is 12.7. The number of anilines is 1. The van der Waals surface area contributed by atoms with Crippen molar-refractivity contribution in [2.75, 3.05) is 5.32 Å². The van der Waals surface area contributed by atoms with Gasteiger partial charge in [-0.15, -0.1) is 11.3 Å². The van der Waals surface area contributed by atoms with Crippen molar-refractivity contribution in [3.05, 3.63) is 69.0 Å². The summed E-state index contributed by atoms with van der Waals surface area (Å²) < 4.78 is 0. The summed E-state index contributed by atoms with van der Waals surface area (Å²) in [6.45, 7) is 0. The molecular weight excluding hydrogens is 360 g/mol. The third-order valence-electron chi connectivity index (χ3n) is 3.60. The molecule has 2 heterocycles. The minimum atomic E-state index is -0.311. The molecule has 0 unspecified atom stereocenters. The van der Waals surface area contributed by atoms with Crippen LogP contribution in [-0.2, 0) is 0 Å². The molecule has 0 saturated heterocycles. The van der Waals surface area contributed by atoms with Crippen LogP contribution in [0.5, 0.6) is 0 Å². The van der Waals surface area contributed by atoms with E-state index in [1.54, 1.807) is 35.7 Å². The van der Waals surface area contributed by atoms with E-state index in [2.05, 4.69) is 20.3 Å². The maximum atomic E-state index is 12.4. The van der Waals surface area contributed by atoms with Crippen LogP contribution in [0.2, 0.25) is 5.02 Å². The summed E-state index contributed by atoms with van der Waals surface area (Å²) in [6.07, 6.45) is 0. The summed E-state index contributed by atoms with van der Waals surface area (Å²) in [6, 6.07) is 12.4. The molecule has 2 aromatic heterocycles. The molecule has 124 valence electrons. The van der Waals surface area contributed by atoms with Crippen LogP contribution in [0.1, 0.15) is 10.5 Å². The number of thiazole rings is 1. The Balaban J connectivity index is 1.56. The fraction of sp³-hybridized carbons (Fsp3) is 0. The molecule has 8 heteroatoms. The van der Waals surface area contributed by atoms with Crippen molar-refractivity contribution < 1.29 is 4.79 Å². The van der Waals surface area contributed by atoms with Crippen molar-refractivity contribution >= 4 is 45.6 Å². The Kier molecular flexibility index (Phi) is 3.87. The number of hydrogen-bond donors (Lipinski definition) is 3. The predicted octanol–water partition coefficient (Wildman–Crippen LogP) is 3.89. The normalized spacial score (nSPS) is 10.9. The lowest BCUT2D eigenvalue weighted by Crippen LogP contribution is -2.12. The third kappa shape index (κ3) is 3.19. The maximum absolute atomic E-state index is 12.4. The highest BCUT2D eigenvalue weighted by molar-refractivity contribution is 7.13. The zero-order valence-corrected chi connectivity index (χ0v) is 14.2. The monoisotopic (exact) mass is 370 g/mol. The molecule has 0 bridgehead atoms. The summed E-state index contributed by atoms with van der Waals surface area (Å²) in [7, 11) is 0. The van der Waals surface area contributed by atoms with Crippen molar-refractivity contribution in [1.82, 2.24) is 15.0 Å². The molecule has 0 aliphatic rings. The van der Waals surface area contributed by atoms with E-state index < -0.39 is 0 Å². The molecule has 0 radical (unpaired) electrons. The van der Waals surface area contributed by atoms with Gasteiger partial charge in [0.15, 0.2) is 0 Å². The fourth-order valence-electron chi connectivity index (χ4n) is 2.41. The van der Waals surface area contributed by atoms with Gasteiger partial charge in [-0.3, -0.25) is 4.79 Å². The fourth-order valence-corrected chi connectivity index (χ4v) is 3.34. The maximum Gasteiger partial charge on any atom is 0.323 e. The van der Waals surface area contributed by atoms with Gasteiger partial charge >= 0.3 is 5.69 Å². The van der Waals surface area contributed by atoms with E-state index in [1.165, 1.54) is 11.3 Å². The van der Waals surface area contributed by atoms with Crippen LogP contribution in [0.3, 0.4) is 0 Å². The number of rotatable bonds is 3. The highest BCUT2D eigenvalue weighted by Gasteiger charge is 2.12. The summed E-state index contributed by atoms with van der Waals surface area (Å²) in [5, 5.41) is 5.88. The van der Waals surface area contributed by atoms with Gasteiger partial charge < -0.3 is 15.3 Å². The van der Waals surface area contributed by atoms with E-state index in [0.717, 1.165) is 10.6 Å². The second-order valence-corrected chi connectivity index (χ2v) is 6.63. The van der Waals surface area contributed by atoms with Crippen molar-refractivity contribution in [2.45, 2.75) is 0 Å². The lowest BCUT2D eigenvalue weighted by Gasteiger charge is -2.03. The summed E-state index contributed by atoms with van der Waals surface area (Å²) in [5.74, 6) is -0.311. The predicted molar refractivity (Wildman–Crippen MR) is 99.4 cm³/mol. The zero-order chi connectivity index (χ0) is 17.4. The van der Waals surface area contributed by atoms with E-state index in [9.17, 15) is 9.59 Å². The molecule has 0 spiro atoms. The Labute approximate surface area is 150 Å². The SMILES string of the molecule is O=C(Nc1ccc2[nH]c(=O)[nH]c2c1)c1csc(-c2ccc(Cl)cc2)n1. The highest BCUT2D eigenvalue weighted by atomic mass is 35.5. The smallest absolute Gasteiger partial charge is 0.321 e. The van der Waals surface area contributed by atoms with Gasteiger partial charge in [0.1, 0.15) is 10.7 Å². The van der Waals surface area contributed by atoms with Gasteiger partial charge in [-0.2, -0.15) is 0 Å². The van der Waals surface area contributed by atoms with E-state index in [0.29, 0.717) is 27.4 Å². The van der Waals surface area contributed by atoms with Crippen LogP contribution in [0.15, 0.2) is 52.6 Å². The number of halogens is 1. The number of H-pyrrole nitrogens is 2. The Morgan fingerprint density at radius 3 is 2.64 bits per heavy atom. The number of benzene rings is 2. The molecule has 3 N–H and O–H groups in total. The highest BCUT2D eigenvalue weighted by Crippen LogP contribution is 2.25. The Hall–Kier alpha value is -2.90. The van der Waals surface area contributed by atoms with Crippen LogP contribution >= 0.6 is 22.9 Å². The molecule has 0 atom stereocenters. The number of amides is 1. The molecule has 6 nitrogen and oxygen atoms in total. The van der Waals surface area contributed by atoms with Crippen LogP contribution in [0.25, 0.3) is 21.6 Å². The molecule has 0 aliphatic carbocycles. The number of aromatic nitrogens is 3. The lowest BCUT2D eigenvalue weighted by molar-refractivity contribution is 0.102. The van der Waals surface area contributed by atoms with Crippen molar-refractivity contribution in [1.29, 1.82) is 0 Å². The first-order valence-electron chi connectivity index (χ1n) is 7.33.